The van der Waals surface area contributed by atoms with E-state index in [1.807, 2.05) is 12.1 Å². The molecule has 0 unspecified atom stereocenters. The van der Waals surface area contributed by atoms with Crippen LogP contribution >= 0.6 is 0 Å². The molecular weight excluding hydrogens is 178 g/mol. The Labute approximate surface area is 83.9 Å². The van der Waals surface area contributed by atoms with Gasteiger partial charge in [0.1, 0.15) is 0 Å². The maximum absolute atomic E-state index is 10.7. The lowest BCUT2D eigenvalue weighted by Crippen LogP contribution is -1.98. The van der Waals surface area contributed by atoms with Gasteiger partial charge in [-0.05, 0) is 37.5 Å². The average molecular weight is 193 g/mol. The van der Waals surface area contributed by atoms with Crippen molar-refractivity contribution in [3.8, 4) is 0 Å². The van der Waals surface area contributed by atoms with Crippen LogP contribution in [0.1, 0.15) is 36.5 Å². The van der Waals surface area contributed by atoms with E-state index in [4.69, 9.17) is 0 Å². The summed E-state index contributed by atoms with van der Waals surface area (Å²) in [5.41, 5.74) is 2.90. The van der Waals surface area contributed by atoms with Crippen LogP contribution in [0.2, 0.25) is 0 Å². The van der Waals surface area contributed by atoms with E-state index in [9.17, 15) is 10.1 Å². The van der Waals surface area contributed by atoms with Crippen LogP contribution in [-0.2, 0) is 0 Å². The number of nitro groups is 1. The van der Waals surface area contributed by atoms with Crippen LogP contribution in [0.4, 0.5) is 5.69 Å². The summed E-state index contributed by atoms with van der Waals surface area (Å²) in [7, 11) is 0. The summed E-state index contributed by atoms with van der Waals surface area (Å²) in [4.78, 5) is 10.4. The van der Waals surface area contributed by atoms with E-state index in [0.29, 0.717) is 5.92 Å². The lowest BCUT2D eigenvalue weighted by Gasteiger charge is -2.08. The molecule has 0 atom stereocenters. The van der Waals surface area contributed by atoms with Gasteiger partial charge in [-0.25, -0.2) is 0 Å². The Kier molecular flexibility index (Phi) is 2.89. The van der Waals surface area contributed by atoms with E-state index in [1.165, 1.54) is 0 Å². The summed E-state index contributed by atoms with van der Waals surface area (Å²) < 4.78 is 0. The summed E-state index contributed by atoms with van der Waals surface area (Å²) in [6.07, 6.45) is 0. The van der Waals surface area contributed by atoms with E-state index in [2.05, 4.69) is 13.8 Å². The van der Waals surface area contributed by atoms with Gasteiger partial charge in [0.2, 0.25) is 0 Å². The molecule has 0 amide bonds. The van der Waals surface area contributed by atoms with Gasteiger partial charge >= 0.3 is 0 Å². The quantitative estimate of drug-likeness (QED) is 0.534. The van der Waals surface area contributed by atoms with Gasteiger partial charge in [0.25, 0.3) is 5.69 Å². The van der Waals surface area contributed by atoms with Gasteiger partial charge in [-0.2, -0.15) is 0 Å². The fourth-order valence-corrected chi connectivity index (χ4v) is 1.61. The summed E-state index contributed by atoms with van der Waals surface area (Å²) in [6, 6.07) is 3.80. The molecule has 0 aliphatic carbocycles. The summed E-state index contributed by atoms with van der Waals surface area (Å²) >= 11 is 0. The Balaban J connectivity index is 3.32. The third-order valence-corrected chi connectivity index (χ3v) is 2.36. The van der Waals surface area contributed by atoms with Gasteiger partial charge in [-0.15, -0.1) is 0 Å². The highest BCUT2D eigenvalue weighted by molar-refractivity contribution is 5.49. The minimum Gasteiger partial charge on any atom is -0.258 e. The smallest absolute Gasteiger partial charge is 0.258 e. The van der Waals surface area contributed by atoms with Crippen LogP contribution in [0.5, 0.6) is 0 Å². The predicted molar refractivity (Wildman–Crippen MR) is 56.7 cm³/mol. The zero-order chi connectivity index (χ0) is 10.9. The van der Waals surface area contributed by atoms with Crippen molar-refractivity contribution in [1.29, 1.82) is 0 Å². The first kappa shape index (κ1) is 10.7. The lowest BCUT2D eigenvalue weighted by molar-refractivity contribution is -0.386. The van der Waals surface area contributed by atoms with E-state index < -0.39 is 0 Å². The first-order valence-electron chi connectivity index (χ1n) is 4.69. The maximum atomic E-state index is 10.7. The molecular formula is C11H15NO2. The first-order valence-corrected chi connectivity index (χ1v) is 4.69. The third-order valence-electron chi connectivity index (χ3n) is 2.36. The summed E-state index contributed by atoms with van der Waals surface area (Å²) in [6.45, 7) is 7.74. The first-order chi connectivity index (χ1) is 6.43. The molecule has 0 saturated carbocycles. The molecule has 0 bridgehead atoms. The second-order valence-corrected chi connectivity index (χ2v) is 3.92. The second-order valence-electron chi connectivity index (χ2n) is 3.92. The molecule has 0 saturated heterocycles. The molecule has 0 radical (unpaired) electrons. The van der Waals surface area contributed by atoms with E-state index in [-0.39, 0.29) is 10.6 Å². The normalized spacial score (nSPS) is 10.6. The largest absolute Gasteiger partial charge is 0.275 e. The van der Waals surface area contributed by atoms with Crippen LogP contribution < -0.4 is 0 Å². The number of benzene rings is 1. The molecule has 76 valence electrons. The van der Waals surface area contributed by atoms with E-state index >= 15 is 0 Å². The number of rotatable bonds is 2. The van der Waals surface area contributed by atoms with Gasteiger partial charge in [0.05, 0.1) is 4.92 Å². The molecule has 0 aromatic heterocycles. The molecule has 0 fully saturated rings. The SMILES string of the molecule is Cc1cc(C(C)C)cc(C)c1[N+](=O)[O-]. The fourth-order valence-electron chi connectivity index (χ4n) is 1.61. The van der Waals surface area contributed by atoms with Gasteiger partial charge < -0.3 is 0 Å². The third kappa shape index (κ3) is 1.92. The van der Waals surface area contributed by atoms with Crippen LogP contribution in [0.25, 0.3) is 0 Å². The molecule has 1 rings (SSSR count). The molecule has 3 heteroatoms. The van der Waals surface area contributed by atoms with Crippen LogP contribution in [0.15, 0.2) is 12.1 Å². The molecule has 0 aliphatic rings. The number of hydrogen-bond donors (Lipinski definition) is 0. The Bertz CT molecular complexity index is 347. The number of nitrogens with zero attached hydrogens (tertiary/aromatic N) is 1. The minimum absolute atomic E-state index is 0.245. The Morgan fingerprint density at radius 2 is 1.64 bits per heavy atom. The van der Waals surface area contributed by atoms with Gasteiger partial charge in [0.15, 0.2) is 0 Å². The highest BCUT2D eigenvalue weighted by atomic mass is 16.6. The Hall–Kier alpha value is -1.38. The Morgan fingerprint density at radius 1 is 1.21 bits per heavy atom. The molecule has 0 spiro atoms. The van der Waals surface area contributed by atoms with Crippen LogP contribution in [0.3, 0.4) is 0 Å². The van der Waals surface area contributed by atoms with Crippen molar-refractivity contribution in [3.63, 3.8) is 0 Å². The fraction of sp³-hybridized carbons (Fsp3) is 0.455. The zero-order valence-electron chi connectivity index (χ0n) is 9.00. The summed E-state index contributed by atoms with van der Waals surface area (Å²) in [5, 5.41) is 10.7. The second kappa shape index (κ2) is 3.78. The van der Waals surface area contributed by atoms with E-state index in [0.717, 1.165) is 16.7 Å². The molecule has 1 aromatic rings. The maximum Gasteiger partial charge on any atom is 0.275 e. The van der Waals surface area contributed by atoms with Crippen molar-refractivity contribution in [2.24, 2.45) is 0 Å². The molecule has 14 heavy (non-hydrogen) atoms. The van der Waals surface area contributed by atoms with Crippen LogP contribution in [-0.4, -0.2) is 4.92 Å². The van der Waals surface area contributed by atoms with Crippen molar-refractivity contribution in [3.05, 3.63) is 38.9 Å². The average Bonchev–Trinajstić information content (AvgIpc) is 2.01. The molecule has 3 nitrogen and oxygen atoms in total. The van der Waals surface area contributed by atoms with Crippen molar-refractivity contribution < 1.29 is 4.92 Å². The standard InChI is InChI=1S/C11H15NO2/c1-7(2)10-5-8(3)11(12(13)14)9(4)6-10/h5-7H,1-4H3. The van der Waals surface area contributed by atoms with Crippen molar-refractivity contribution >= 4 is 5.69 Å². The van der Waals surface area contributed by atoms with Crippen LogP contribution in [0, 0.1) is 24.0 Å². The highest BCUT2D eigenvalue weighted by Crippen LogP contribution is 2.27. The predicted octanol–water partition coefficient (Wildman–Crippen LogP) is 3.34. The van der Waals surface area contributed by atoms with Crippen molar-refractivity contribution in [2.45, 2.75) is 33.6 Å². The number of hydrogen-bond acceptors (Lipinski definition) is 2. The van der Waals surface area contributed by atoms with Gasteiger partial charge in [-0.3, -0.25) is 10.1 Å². The van der Waals surface area contributed by atoms with E-state index in [1.54, 1.807) is 13.8 Å². The minimum atomic E-state index is -0.311. The van der Waals surface area contributed by atoms with Crippen molar-refractivity contribution in [2.75, 3.05) is 0 Å². The monoisotopic (exact) mass is 193 g/mol. The lowest BCUT2D eigenvalue weighted by atomic mass is 9.97. The molecule has 1 aromatic carbocycles. The molecule has 0 heterocycles. The highest BCUT2D eigenvalue weighted by Gasteiger charge is 2.15. The molecule has 0 aliphatic heterocycles. The van der Waals surface area contributed by atoms with Gasteiger partial charge in [0, 0.05) is 11.1 Å². The molecule has 0 N–H and O–H groups in total. The number of aryl methyl sites for hydroxylation is 2. The van der Waals surface area contributed by atoms with Gasteiger partial charge in [-0.1, -0.05) is 13.8 Å². The number of nitro benzene ring substituents is 1. The van der Waals surface area contributed by atoms with Crippen molar-refractivity contribution in [1.82, 2.24) is 0 Å². The topological polar surface area (TPSA) is 43.1 Å². The Morgan fingerprint density at radius 3 is 1.93 bits per heavy atom. The zero-order valence-corrected chi connectivity index (χ0v) is 9.00. The summed E-state index contributed by atoms with van der Waals surface area (Å²) in [5.74, 6) is 0.410.